The van der Waals surface area contributed by atoms with Gasteiger partial charge in [0.1, 0.15) is 6.04 Å². The zero-order chi connectivity index (χ0) is 12.1. The summed E-state index contributed by atoms with van der Waals surface area (Å²) in [4.78, 5) is 22.5. The van der Waals surface area contributed by atoms with Crippen LogP contribution in [0.2, 0.25) is 0 Å². The first-order valence-electron chi connectivity index (χ1n) is 5.18. The number of rotatable bonds is 6. The zero-order valence-corrected chi connectivity index (χ0v) is 9.67. The predicted molar refractivity (Wildman–Crippen MR) is 58.9 cm³/mol. The van der Waals surface area contributed by atoms with Gasteiger partial charge in [0.15, 0.2) is 0 Å². The molecule has 0 saturated carbocycles. The van der Waals surface area contributed by atoms with Gasteiger partial charge in [0, 0.05) is 0 Å². The standard InChI is InChI=1S/C10H21N3O2/c1-4-5-6-7(8(11)14)13-9(15)10(2,3)12/h7H,4-6,12H2,1-3H3,(H2,11,14)(H,13,15)/t7-/m0/s1. The van der Waals surface area contributed by atoms with Gasteiger partial charge in [-0.05, 0) is 20.3 Å². The molecule has 0 aliphatic heterocycles. The van der Waals surface area contributed by atoms with Crippen molar-refractivity contribution in [1.29, 1.82) is 0 Å². The van der Waals surface area contributed by atoms with Crippen LogP contribution in [0, 0.1) is 0 Å². The molecule has 15 heavy (non-hydrogen) atoms. The Kier molecular flexibility index (Phi) is 5.28. The molecule has 2 amide bonds. The SMILES string of the molecule is CCCC[C@H](NC(=O)C(C)(C)N)C(N)=O. The molecule has 0 fully saturated rings. The molecule has 0 bridgehead atoms. The number of primary amides is 1. The molecule has 0 heterocycles. The second-order valence-corrected chi connectivity index (χ2v) is 4.29. The van der Waals surface area contributed by atoms with Crippen LogP contribution in [-0.2, 0) is 9.59 Å². The summed E-state index contributed by atoms with van der Waals surface area (Å²) in [5.41, 5.74) is 9.78. The van der Waals surface area contributed by atoms with E-state index in [1.807, 2.05) is 6.92 Å². The van der Waals surface area contributed by atoms with E-state index in [0.717, 1.165) is 12.8 Å². The normalized spacial score (nSPS) is 13.3. The summed E-state index contributed by atoms with van der Waals surface area (Å²) in [5.74, 6) is -0.872. The molecule has 0 aromatic rings. The van der Waals surface area contributed by atoms with Crippen LogP contribution in [0.3, 0.4) is 0 Å². The van der Waals surface area contributed by atoms with Gasteiger partial charge in [-0.1, -0.05) is 19.8 Å². The fourth-order valence-electron chi connectivity index (χ4n) is 1.04. The minimum atomic E-state index is -0.986. The molecule has 0 aromatic carbocycles. The Morgan fingerprint density at radius 3 is 2.27 bits per heavy atom. The molecule has 0 radical (unpaired) electrons. The van der Waals surface area contributed by atoms with E-state index in [-0.39, 0.29) is 5.91 Å². The van der Waals surface area contributed by atoms with E-state index in [9.17, 15) is 9.59 Å². The number of hydrogen-bond donors (Lipinski definition) is 3. The average molecular weight is 215 g/mol. The lowest BCUT2D eigenvalue weighted by molar-refractivity contribution is -0.130. The molecule has 0 rings (SSSR count). The summed E-state index contributed by atoms with van der Waals surface area (Å²) in [7, 11) is 0. The van der Waals surface area contributed by atoms with Gasteiger partial charge >= 0.3 is 0 Å². The van der Waals surface area contributed by atoms with Gasteiger partial charge in [0.05, 0.1) is 5.54 Å². The highest BCUT2D eigenvalue weighted by Crippen LogP contribution is 2.03. The fourth-order valence-corrected chi connectivity index (χ4v) is 1.04. The van der Waals surface area contributed by atoms with Crippen molar-refractivity contribution in [2.45, 2.75) is 51.6 Å². The Morgan fingerprint density at radius 1 is 1.40 bits per heavy atom. The number of amides is 2. The Hall–Kier alpha value is -1.10. The van der Waals surface area contributed by atoms with Gasteiger partial charge in [-0.15, -0.1) is 0 Å². The van der Waals surface area contributed by atoms with Crippen LogP contribution in [0.5, 0.6) is 0 Å². The summed E-state index contributed by atoms with van der Waals surface area (Å²) in [5, 5.41) is 2.55. The molecular weight excluding hydrogens is 194 g/mol. The minimum Gasteiger partial charge on any atom is -0.368 e. The van der Waals surface area contributed by atoms with E-state index in [0.29, 0.717) is 6.42 Å². The first kappa shape index (κ1) is 13.9. The van der Waals surface area contributed by atoms with Gasteiger partial charge in [0.25, 0.3) is 0 Å². The lowest BCUT2D eigenvalue weighted by Gasteiger charge is -2.22. The number of hydrogen-bond acceptors (Lipinski definition) is 3. The summed E-state index contributed by atoms with van der Waals surface area (Å²) in [6.07, 6.45) is 2.36. The molecule has 88 valence electrons. The van der Waals surface area contributed by atoms with E-state index >= 15 is 0 Å². The quantitative estimate of drug-likeness (QED) is 0.576. The van der Waals surface area contributed by atoms with Crippen molar-refractivity contribution in [2.75, 3.05) is 0 Å². The molecular formula is C10H21N3O2. The first-order chi connectivity index (χ1) is 6.79. The largest absolute Gasteiger partial charge is 0.368 e. The smallest absolute Gasteiger partial charge is 0.240 e. The lowest BCUT2D eigenvalue weighted by Crippen LogP contribution is -2.55. The summed E-state index contributed by atoms with van der Waals surface area (Å²) >= 11 is 0. The van der Waals surface area contributed by atoms with Crippen LogP contribution in [0.25, 0.3) is 0 Å². The summed E-state index contributed by atoms with van der Waals surface area (Å²) in [6.45, 7) is 5.17. The number of unbranched alkanes of at least 4 members (excludes halogenated alkanes) is 1. The zero-order valence-electron chi connectivity index (χ0n) is 9.67. The molecule has 5 heteroatoms. The first-order valence-corrected chi connectivity index (χ1v) is 5.18. The highest BCUT2D eigenvalue weighted by Gasteiger charge is 2.26. The Labute approximate surface area is 90.6 Å². The van der Waals surface area contributed by atoms with Crippen molar-refractivity contribution < 1.29 is 9.59 Å². The number of carbonyl (C=O) groups excluding carboxylic acids is 2. The summed E-state index contributed by atoms with van der Waals surface area (Å²) in [6, 6.07) is -0.611. The number of nitrogens with two attached hydrogens (primary N) is 2. The van der Waals surface area contributed by atoms with Crippen molar-refractivity contribution >= 4 is 11.8 Å². The maximum atomic E-state index is 11.5. The Bertz CT molecular complexity index is 233. The predicted octanol–water partition coefficient (Wildman–Crippen LogP) is -0.116. The molecule has 0 aliphatic carbocycles. The molecule has 0 aliphatic rings. The van der Waals surface area contributed by atoms with Crippen molar-refractivity contribution in [3.63, 3.8) is 0 Å². The second kappa shape index (κ2) is 5.70. The lowest BCUT2D eigenvalue weighted by atomic mass is 10.0. The topological polar surface area (TPSA) is 98.2 Å². The summed E-state index contributed by atoms with van der Waals surface area (Å²) < 4.78 is 0. The van der Waals surface area contributed by atoms with Gasteiger partial charge in [-0.25, -0.2) is 0 Å². The molecule has 0 saturated heterocycles. The second-order valence-electron chi connectivity index (χ2n) is 4.29. The van der Waals surface area contributed by atoms with Crippen LogP contribution in [0.1, 0.15) is 40.0 Å². The third-order valence-electron chi connectivity index (χ3n) is 2.08. The number of carbonyl (C=O) groups is 2. The van der Waals surface area contributed by atoms with Crippen molar-refractivity contribution in [3.05, 3.63) is 0 Å². The van der Waals surface area contributed by atoms with E-state index < -0.39 is 17.5 Å². The maximum absolute atomic E-state index is 11.5. The highest BCUT2D eigenvalue weighted by molar-refractivity contribution is 5.90. The Balaban J connectivity index is 4.29. The molecule has 1 atom stereocenters. The third-order valence-corrected chi connectivity index (χ3v) is 2.08. The van der Waals surface area contributed by atoms with Gasteiger partial charge in [0.2, 0.25) is 11.8 Å². The van der Waals surface area contributed by atoms with Crippen LogP contribution >= 0.6 is 0 Å². The Morgan fingerprint density at radius 2 is 1.93 bits per heavy atom. The average Bonchev–Trinajstić information content (AvgIpc) is 2.09. The van der Waals surface area contributed by atoms with E-state index in [2.05, 4.69) is 5.32 Å². The minimum absolute atomic E-state index is 0.359. The van der Waals surface area contributed by atoms with Gasteiger partial charge in [-0.3, -0.25) is 9.59 Å². The molecule has 0 aromatic heterocycles. The van der Waals surface area contributed by atoms with Crippen molar-refractivity contribution in [2.24, 2.45) is 11.5 Å². The van der Waals surface area contributed by atoms with E-state index in [1.54, 1.807) is 13.8 Å². The number of nitrogens with one attached hydrogen (secondary N) is 1. The van der Waals surface area contributed by atoms with Crippen LogP contribution in [0.4, 0.5) is 0 Å². The highest BCUT2D eigenvalue weighted by atomic mass is 16.2. The van der Waals surface area contributed by atoms with Gasteiger partial charge < -0.3 is 16.8 Å². The van der Waals surface area contributed by atoms with Crippen LogP contribution in [-0.4, -0.2) is 23.4 Å². The molecule has 0 unspecified atom stereocenters. The molecule has 0 spiro atoms. The van der Waals surface area contributed by atoms with Crippen molar-refractivity contribution in [1.82, 2.24) is 5.32 Å². The monoisotopic (exact) mass is 215 g/mol. The fraction of sp³-hybridized carbons (Fsp3) is 0.800. The van der Waals surface area contributed by atoms with E-state index in [1.165, 1.54) is 0 Å². The van der Waals surface area contributed by atoms with Crippen LogP contribution < -0.4 is 16.8 Å². The van der Waals surface area contributed by atoms with E-state index in [4.69, 9.17) is 11.5 Å². The molecule has 5 N–H and O–H groups in total. The molecule has 5 nitrogen and oxygen atoms in total. The third kappa shape index (κ3) is 5.37. The van der Waals surface area contributed by atoms with Crippen molar-refractivity contribution in [3.8, 4) is 0 Å². The van der Waals surface area contributed by atoms with Crippen LogP contribution in [0.15, 0.2) is 0 Å². The van der Waals surface area contributed by atoms with Gasteiger partial charge in [-0.2, -0.15) is 0 Å². The maximum Gasteiger partial charge on any atom is 0.240 e.